The van der Waals surface area contributed by atoms with Crippen LogP contribution in [0.15, 0.2) is 0 Å². The summed E-state index contributed by atoms with van der Waals surface area (Å²) >= 11 is -1.81. The van der Waals surface area contributed by atoms with Crippen molar-refractivity contribution in [2.45, 2.75) is 19.8 Å². The van der Waals surface area contributed by atoms with Crippen LogP contribution in [-0.4, -0.2) is 11.7 Å². The fourth-order valence-electron chi connectivity index (χ4n) is 0.158. The minimum absolute atomic E-state index is 0.344. The summed E-state index contributed by atoms with van der Waals surface area (Å²) in [5, 5.41) is 8.07. The van der Waals surface area contributed by atoms with Crippen molar-refractivity contribution >= 4 is 0 Å². The number of hydrogen-bond acceptors (Lipinski definition) is 3. The van der Waals surface area contributed by atoms with Crippen LogP contribution in [0.5, 0.6) is 0 Å². The summed E-state index contributed by atoms with van der Waals surface area (Å²) in [4.78, 5) is 0. The molecule has 0 bridgehead atoms. The molecule has 8 heavy (non-hydrogen) atoms. The molecular formula is C4H10O3V. The minimum atomic E-state index is -1.81. The van der Waals surface area contributed by atoms with E-state index in [9.17, 15) is 0 Å². The van der Waals surface area contributed by atoms with Gasteiger partial charge in [0.25, 0.3) is 0 Å². The molecule has 0 fully saturated rings. The molecule has 3 nitrogen and oxygen atoms in total. The molecule has 4 heteroatoms. The zero-order valence-electron chi connectivity index (χ0n) is 4.83. The van der Waals surface area contributed by atoms with Gasteiger partial charge in [0.1, 0.15) is 0 Å². The Labute approximate surface area is 55.6 Å². The van der Waals surface area contributed by atoms with E-state index in [1.807, 2.05) is 0 Å². The first-order valence-corrected chi connectivity index (χ1v) is 3.53. The predicted molar refractivity (Wildman–Crippen MR) is 23.4 cm³/mol. The van der Waals surface area contributed by atoms with Crippen LogP contribution in [0.2, 0.25) is 0 Å². The van der Waals surface area contributed by atoms with Crippen molar-refractivity contribution < 1.29 is 28.6 Å². The Hall–Kier alpha value is 0.144. The number of unbranched alkanes of at least 4 members (excludes halogenated alkanes) is 1. The van der Waals surface area contributed by atoms with Gasteiger partial charge in [-0.05, 0) is 6.42 Å². The van der Waals surface area contributed by atoms with E-state index in [4.69, 9.17) is 12.5 Å². The number of rotatable bonds is 2. The van der Waals surface area contributed by atoms with E-state index in [1.54, 1.807) is 0 Å². The van der Waals surface area contributed by atoms with E-state index < -0.39 is 16.2 Å². The molecule has 0 saturated carbocycles. The molecule has 0 aromatic carbocycles. The van der Waals surface area contributed by atoms with Crippen LogP contribution in [-0.2, 0) is 23.5 Å². The fourth-order valence-corrected chi connectivity index (χ4v) is 0.158. The number of hydrogen-bond donors (Lipinski definition) is 1. The molecule has 0 aliphatic rings. The van der Waals surface area contributed by atoms with Gasteiger partial charge in [-0.25, -0.2) is 0 Å². The normalized spacial score (nSPS) is 6.25. The van der Waals surface area contributed by atoms with Crippen LogP contribution >= 0.6 is 0 Å². The molecule has 0 spiro atoms. The van der Waals surface area contributed by atoms with Gasteiger partial charge in [0.15, 0.2) is 0 Å². The van der Waals surface area contributed by atoms with Gasteiger partial charge in [-0.1, -0.05) is 13.3 Å². The van der Waals surface area contributed by atoms with Crippen molar-refractivity contribution in [3.63, 3.8) is 0 Å². The second-order valence-corrected chi connectivity index (χ2v) is 1.38. The molecule has 0 radical (unpaired) electrons. The second-order valence-electron chi connectivity index (χ2n) is 1.15. The molecule has 0 heterocycles. The quantitative estimate of drug-likeness (QED) is 0.636. The van der Waals surface area contributed by atoms with Gasteiger partial charge < -0.3 is 5.11 Å². The average molecular weight is 157 g/mol. The Morgan fingerprint density at radius 1 is 1.50 bits per heavy atom. The van der Waals surface area contributed by atoms with Gasteiger partial charge in [-0.3, -0.25) is 0 Å². The first kappa shape index (κ1) is 11.0. The monoisotopic (exact) mass is 157 g/mol. The summed E-state index contributed by atoms with van der Waals surface area (Å²) in [6.07, 6.45) is 2.04. The molecule has 0 unspecified atom stereocenters. The molecule has 1 N–H and O–H groups in total. The maximum absolute atomic E-state index is 8.47. The maximum atomic E-state index is 8.47. The van der Waals surface area contributed by atoms with Crippen LogP contribution < -0.4 is 0 Å². The topological polar surface area (TPSA) is 54.4 Å². The van der Waals surface area contributed by atoms with E-state index in [0.717, 1.165) is 12.8 Å². The Kier molecular flexibility index (Phi) is 21.6. The third kappa shape index (κ3) is 35.4. The summed E-state index contributed by atoms with van der Waals surface area (Å²) in [6, 6.07) is 0. The molecule has 0 aliphatic heterocycles. The van der Waals surface area contributed by atoms with Crippen molar-refractivity contribution in [2.24, 2.45) is 0 Å². The Balaban J connectivity index is 0. The standard InChI is InChI=1S/C4H10O.2O.V/c1-2-3-4-5;;;/h5H,2-4H2,1H3;;;. The van der Waals surface area contributed by atoms with E-state index in [1.165, 1.54) is 0 Å². The predicted octanol–water partition coefficient (Wildman–Crippen LogP) is 0.539. The Morgan fingerprint density at radius 2 is 1.88 bits per heavy atom. The van der Waals surface area contributed by atoms with Gasteiger partial charge in [0, 0.05) is 6.61 Å². The summed E-state index contributed by atoms with van der Waals surface area (Å²) < 4.78 is 16.9. The Morgan fingerprint density at radius 3 is 1.88 bits per heavy atom. The summed E-state index contributed by atoms with van der Waals surface area (Å²) in [7, 11) is 0. The van der Waals surface area contributed by atoms with Crippen LogP contribution in [0, 0.1) is 0 Å². The zero-order chi connectivity index (χ0) is 6.83. The molecule has 0 saturated heterocycles. The van der Waals surface area contributed by atoms with Crippen LogP contribution in [0.1, 0.15) is 19.8 Å². The third-order valence-electron chi connectivity index (χ3n) is 0.512. The van der Waals surface area contributed by atoms with Crippen molar-refractivity contribution in [3.05, 3.63) is 0 Å². The van der Waals surface area contributed by atoms with E-state index in [0.29, 0.717) is 6.61 Å². The summed E-state index contributed by atoms with van der Waals surface area (Å²) in [5.74, 6) is 0. The SMILES string of the molecule is CCCCO.[O]=[V]=[O]. The first-order chi connectivity index (χ1) is 3.83. The molecule has 0 aliphatic carbocycles. The van der Waals surface area contributed by atoms with Gasteiger partial charge in [-0.15, -0.1) is 0 Å². The van der Waals surface area contributed by atoms with E-state index in [-0.39, 0.29) is 0 Å². The molecular weight excluding hydrogens is 147 g/mol. The average Bonchev–Trinajstić information content (AvgIpc) is 1.71. The second kappa shape index (κ2) is 15.7. The number of aliphatic hydroxyl groups excluding tert-OH is 1. The van der Waals surface area contributed by atoms with Crippen LogP contribution in [0.4, 0.5) is 0 Å². The molecule has 0 atom stereocenters. The van der Waals surface area contributed by atoms with Crippen LogP contribution in [0.3, 0.4) is 0 Å². The Bertz CT molecular complexity index is 56.3. The van der Waals surface area contributed by atoms with E-state index in [2.05, 4.69) is 6.92 Å². The number of aliphatic hydroxyl groups is 1. The first-order valence-electron chi connectivity index (χ1n) is 2.39. The summed E-state index contributed by atoms with van der Waals surface area (Å²) in [6.45, 7) is 2.40. The van der Waals surface area contributed by atoms with Gasteiger partial charge in [0.05, 0.1) is 0 Å². The third-order valence-corrected chi connectivity index (χ3v) is 0.512. The van der Waals surface area contributed by atoms with Crippen molar-refractivity contribution in [2.75, 3.05) is 6.61 Å². The molecule has 0 amide bonds. The van der Waals surface area contributed by atoms with Gasteiger partial charge in [0.2, 0.25) is 0 Å². The van der Waals surface area contributed by atoms with Gasteiger partial charge >= 0.3 is 23.5 Å². The van der Waals surface area contributed by atoms with Crippen molar-refractivity contribution in [1.82, 2.24) is 0 Å². The molecule has 0 aromatic heterocycles. The van der Waals surface area contributed by atoms with Crippen molar-refractivity contribution in [3.8, 4) is 0 Å². The fraction of sp³-hybridized carbons (Fsp3) is 1.00. The molecule has 0 aromatic rings. The summed E-state index contributed by atoms with van der Waals surface area (Å²) in [5.41, 5.74) is 0. The van der Waals surface area contributed by atoms with E-state index >= 15 is 0 Å². The molecule has 0 rings (SSSR count). The van der Waals surface area contributed by atoms with Crippen molar-refractivity contribution in [1.29, 1.82) is 0 Å². The molecule has 49 valence electrons. The zero-order valence-corrected chi connectivity index (χ0v) is 6.23. The van der Waals surface area contributed by atoms with Crippen LogP contribution in [0.25, 0.3) is 0 Å². The van der Waals surface area contributed by atoms with Gasteiger partial charge in [-0.2, -0.15) is 0 Å².